The number of hydrogen-bond donors (Lipinski definition) is 0. The van der Waals surface area contributed by atoms with E-state index in [1.165, 1.54) is 77.2 Å². The molecule has 0 bridgehead atoms. The maximum absolute atomic E-state index is 2.50. The molecule has 0 radical (unpaired) electrons. The van der Waals surface area contributed by atoms with Crippen LogP contribution in [0.3, 0.4) is 0 Å². The predicted octanol–water partition coefficient (Wildman–Crippen LogP) is 10.2. The maximum atomic E-state index is 2.50. The summed E-state index contributed by atoms with van der Waals surface area (Å²) in [6, 6.07) is 48.7. The van der Waals surface area contributed by atoms with Gasteiger partial charge in [0.05, 0.1) is 22.1 Å². The Balaban J connectivity index is 1.68. The second-order valence-corrected chi connectivity index (χ2v) is 11.7. The molecule has 9 rings (SSSR count). The van der Waals surface area contributed by atoms with E-state index >= 15 is 0 Å². The lowest BCUT2D eigenvalue weighted by Gasteiger charge is -2.23. The summed E-state index contributed by atoms with van der Waals surface area (Å²) in [5, 5.41) is 5.29. The minimum absolute atomic E-state index is 0.153. The Morgan fingerprint density at radius 3 is 1.54 bits per heavy atom. The van der Waals surface area contributed by atoms with Gasteiger partial charge in [0.15, 0.2) is 0 Å². The van der Waals surface area contributed by atoms with Crippen LogP contribution in [0.1, 0.15) is 25.0 Å². The quantitative estimate of drug-likeness (QED) is 0.213. The van der Waals surface area contributed by atoms with Gasteiger partial charge in [0, 0.05) is 38.3 Å². The van der Waals surface area contributed by atoms with Gasteiger partial charge in [-0.1, -0.05) is 111 Å². The van der Waals surface area contributed by atoms with E-state index in [2.05, 4.69) is 156 Å². The Hall–Kier alpha value is -5.08. The average molecular weight is 525 g/mol. The molecule has 41 heavy (non-hydrogen) atoms. The van der Waals surface area contributed by atoms with E-state index in [1.54, 1.807) is 0 Å². The van der Waals surface area contributed by atoms with Crippen LogP contribution in [0.2, 0.25) is 0 Å². The molecule has 194 valence electrons. The molecule has 2 nitrogen and oxygen atoms in total. The van der Waals surface area contributed by atoms with Crippen molar-refractivity contribution >= 4 is 43.6 Å². The van der Waals surface area contributed by atoms with Crippen molar-refractivity contribution in [2.45, 2.75) is 19.3 Å². The minimum Gasteiger partial charge on any atom is -0.307 e. The lowest BCUT2D eigenvalue weighted by molar-refractivity contribution is 0.667. The van der Waals surface area contributed by atoms with Gasteiger partial charge >= 0.3 is 0 Å². The fourth-order valence-electron chi connectivity index (χ4n) is 7.65. The molecule has 0 saturated carbocycles. The Labute approximate surface area is 238 Å². The molecule has 0 N–H and O–H groups in total. The molecule has 0 saturated heterocycles. The molecular weight excluding hydrogens is 496 g/mol. The molecule has 0 aliphatic heterocycles. The number of hydrogen-bond acceptors (Lipinski definition) is 0. The second-order valence-electron chi connectivity index (χ2n) is 11.7. The van der Waals surface area contributed by atoms with E-state index in [4.69, 9.17) is 0 Å². The van der Waals surface area contributed by atoms with Crippen molar-refractivity contribution in [2.24, 2.45) is 0 Å². The second kappa shape index (κ2) is 7.99. The van der Waals surface area contributed by atoms with Gasteiger partial charge in [-0.2, -0.15) is 0 Å². The van der Waals surface area contributed by atoms with Crippen molar-refractivity contribution in [3.05, 3.63) is 145 Å². The summed E-state index contributed by atoms with van der Waals surface area (Å²) in [6.07, 6.45) is 0. The molecule has 0 atom stereocenters. The van der Waals surface area contributed by atoms with Crippen LogP contribution < -0.4 is 0 Å². The number of fused-ring (bicyclic) bond motifs is 12. The lowest BCUT2D eigenvalue weighted by atomic mass is 9.80. The smallest absolute Gasteiger partial charge is 0.0795 e. The SMILES string of the molecule is CC1(C)c2ccccc2-c2c1c1c3ccccc3n(-c3ccccc3)c1c1c2c2ccccc2n1-c1ccccc1. The first-order valence-electron chi connectivity index (χ1n) is 14.4. The van der Waals surface area contributed by atoms with Crippen molar-refractivity contribution < 1.29 is 0 Å². The van der Waals surface area contributed by atoms with Gasteiger partial charge in [0.2, 0.25) is 0 Å². The number of aromatic nitrogens is 2. The van der Waals surface area contributed by atoms with E-state index in [0.29, 0.717) is 0 Å². The molecule has 2 heteroatoms. The Morgan fingerprint density at radius 2 is 0.927 bits per heavy atom. The molecule has 0 unspecified atom stereocenters. The van der Waals surface area contributed by atoms with Crippen LogP contribution in [-0.2, 0) is 5.41 Å². The standard InChI is InChI=1S/C39H28N2/c1-39(2)30-22-12-9-19-27(30)33-34-28-20-10-13-23-31(28)40(25-15-5-3-6-16-25)37(34)38-35(36(33)39)29-21-11-14-24-32(29)41(38)26-17-7-4-8-18-26/h3-24H,1-2H3. The minimum atomic E-state index is -0.153. The molecule has 0 amide bonds. The Bertz CT molecular complexity index is 2320. The van der Waals surface area contributed by atoms with Crippen LogP contribution in [0.15, 0.2) is 133 Å². The first-order valence-corrected chi connectivity index (χ1v) is 14.4. The van der Waals surface area contributed by atoms with Gasteiger partial charge in [-0.05, 0) is 58.7 Å². The van der Waals surface area contributed by atoms with E-state index < -0.39 is 0 Å². The molecule has 2 aromatic heterocycles. The van der Waals surface area contributed by atoms with Crippen molar-refractivity contribution in [1.29, 1.82) is 0 Å². The highest BCUT2D eigenvalue weighted by molar-refractivity contribution is 6.30. The molecule has 2 heterocycles. The molecule has 6 aromatic carbocycles. The third-order valence-electron chi connectivity index (χ3n) is 9.25. The highest BCUT2D eigenvalue weighted by Crippen LogP contribution is 2.58. The fourth-order valence-corrected chi connectivity index (χ4v) is 7.65. The van der Waals surface area contributed by atoms with E-state index in [-0.39, 0.29) is 5.41 Å². The zero-order valence-corrected chi connectivity index (χ0v) is 23.1. The van der Waals surface area contributed by atoms with Gasteiger partial charge in [0.1, 0.15) is 0 Å². The Morgan fingerprint density at radius 1 is 0.463 bits per heavy atom. The van der Waals surface area contributed by atoms with E-state index in [1.807, 2.05) is 0 Å². The molecule has 0 fully saturated rings. The van der Waals surface area contributed by atoms with E-state index in [0.717, 1.165) is 0 Å². The topological polar surface area (TPSA) is 9.86 Å². The molecule has 8 aromatic rings. The molecular formula is C39H28N2. The summed E-state index contributed by atoms with van der Waals surface area (Å²) in [6.45, 7) is 4.82. The van der Waals surface area contributed by atoms with Crippen molar-refractivity contribution in [2.75, 3.05) is 0 Å². The predicted molar refractivity (Wildman–Crippen MR) is 173 cm³/mol. The number of rotatable bonds is 2. The maximum Gasteiger partial charge on any atom is 0.0795 e. The molecule has 1 aliphatic carbocycles. The summed E-state index contributed by atoms with van der Waals surface area (Å²) in [5.74, 6) is 0. The van der Waals surface area contributed by atoms with Gasteiger partial charge in [-0.15, -0.1) is 0 Å². The summed E-state index contributed by atoms with van der Waals surface area (Å²) < 4.78 is 5.00. The van der Waals surface area contributed by atoms with Crippen LogP contribution in [0, 0.1) is 0 Å². The first kappa shape index (κ1) is 22.7. The zero-order valence-electron chi connectivity index (χ0n) is 23.1. The van der Waals surface area contributed by atoms with Gasteiger partial charge in [0.25, 0.3) is 0 Å². The van der Waals surface area contributed by atoms with Crippen molar-refractivity contribution in [3.63, 3.8) is 0 Å². The van der Waals surface area contributed by atoms with E-state index in [9.17, 15) is 0 Å². The first-order chi connectivity index (χ1) is 20.2. The fraction of sp³-hybridized carbons (Fsp3) is 0.0769. The number of para-hydroxylation sites is 4. The number of benzene rings is 6. The normalized spacial score (nSPS) is 13.8. The summed E-state index contributed by atoms with van der Waals surface area (Å²) in [5.41, 5.74) is 12.8. The molecule has 1 aliphatic rings. The van der Waals surface area contributed by atoms with Crippen molar-refractivity contribution in [3.8, 4) is 22.5 Å². The lowest BCUT2D eigenvalue weighted by Crippen LogP contribution is -2.15. The monoisotopic (exact) mass is 524 g/mol. The van der Waals surface area contributed by atoms with Gasteiger partial charge < -0.3 is 9.13 Å². The summed E-state index contributed by atoms with van der Waals surface area (Å²) in [7, 11) is 0. The zero-order chi connectivity index (χ0) is 27.3. The van der Waals surface area contributed by atoms with Crippen LogP contribution in [-0.4, -0.2) is 9.13 Å². The third kappa shape index (κ3) is 2.82. The summed E-state index contributed by atoms with van der Waals surface area (Å²) >= 11 is 0. The highest BCUT2D eigenvalue weighted by Gasteiger charge is 2.41. The molecule has 0 spiro atoms. The summed E-state index contributed by atoms with van der Waals surface area (Å²) in [4.78, 5) is 0. The Kier molecular flexibility index (Phi) is 4.42. The van der Waals surface area contributed by atoms with Crippen LogP contribution in [0.5, 0.6) is 0 Å². The van der Waals surface area contributed by atoms with Crippen LogP contribution >= 0.6 is 0 Å². The van der Waals surface area contributed by atoms with Crippen LogP contribution in [0.25, 0.3) is 66.1 Å². The van der Waals surface area contributed by atoms with Gasteiger partial charge in [-0.3, -0.25) is 0 Å². The third-order valence-corrected chi connectivity index (χ3v) is 9.25. The largest absolute Gasteiger partial charge is 0.307 e. The van der Waals surface area contributed by atoms with Crippen molar-refractivity contribution in [1.82, 2.24) is 9.13 Å². The van der Waals surface area contributed by atoms with Gasteiger partial charge in [-0.25, -0.2) is 0 Å². The average Bonchev–Trinajstić information content (AvgIpc) is 3.62. The highest BCUT2D eigenvalue weighted by atomic mass is 15.0. The number of nitrogens with zero attached hydrogens (tertiary/aromatic N) is 2. The van der Waals surface area contributed by atoms with Crippen LogP contribution in [0.4, 0.5) is 0 Å².